The summed E-state index contributed by atoms with van der Waals surface area (Å²) in [6, 6.07) is 0.305. The SMILES string of the molecule is [2H]C1(C(=NC(C)C)SC(C)C)CCC2(CCCCC2)CC1. The van der Waals surface area contributed by atoms with Crippen molar-refractivity contribution in [3.05, 3.63) is 0 Å². The number of rotatable bonds is 3. The molecule has 2 rings (SSSR count). The minimum absolute atomic E-state index is 0.305. The first-order chi connectivity index (χ1) is 9.85. The van der Waals surface area contributed by atoms with Crippen molar-refractivity contribution in [3.63, 3.8) is 0 Å². The van der Waals surface area contributed by atoms with Gasteiger partial charge in [0.05, 0.1) is 5.04 Å². The Bertz CT molecular complexity index is 359. The number of nitrogens with zero attached hydrogens (tertiary/aromatic N) is 1. The van der Waals surface area contributed by atoms with Crippen molar-refractivity contribution in [1.29, 1.82) is 0 Å². The van der Waals surface area contributed by atoms with Gasteiger partial charge in [-0.05, 0) is 57.8 Å². The van der Waals surface area contributed by atoms with Gasteiger partial charge in [0.2, 0.25) is 0 Å². The average molecular weight is 297 g/mol. The van der Waals surface area contributed by atoms with Crippen LogP contribution in [0.1, 0.15) is 86.9 Å². The predicted octanol–water partition coefficient (Wildman–Crippen LogP) is 6.08. The highest BCUT2D eigenvalue weighted by Gasteiger charge is 2.37. The van der Waals surface area contributed by atoms with Crippen molar-refractivity contribution in [2.24, 2.45) is 16.3 Å². The largest absolute Gasteiger partial charge is 0.280 e. The third kappa shape index (κ3) is 4.51. The number of thioether (sulfide) groups is 1. The van der Waals surface area contributed by atoms with Crippen molar-refractivity contribution in [1.82, 2.24) is 0 Å². The molecule has 2 aliphatic rings. The molecule has 0 amide bonds. The van der Waals surface area contributed by atoms with Crippen LogP contribution < -0.4 is 0 Å². The first-order valence-corrected chi connectivity index (χ1v) is 9.48. The Balaban J connectivity index is 2.07. The molecule has 2 saturated carbocycles. The van der Waals surface area contributed by atoms with Crippen LogP contribution in [0.25, 0.3) is 0 Å². The summed E-state index contributed by atoms with van der Waals surface area (Å²) in [5.74, 6) is -0.401. The smallest absolute Gasteiger partial charge is 0.0712 e. The van der Waals surface area contributed by atoms with E-state index >= 15 is 0 Å². The van der Waals surface area contributed by atoms with Crippen molar-refractivity contribution < 1.29 is 1.37 Å². The molecule has 1 nitrogen and oxygen atoms in total. The van der Waals surface area contributed by atoms with E-state index in [9.17, 15) is 0 Å². The Kier molecular flexibility index (Phi) is 5.48. The zero-order valence-corrected chi connectivity index (χ0v) is 14.7. The lowest BCUT2D eigenvalue weighted by Crippen LogP contribution is -2.32. The van der Waals surface area contributed by atoms with Crippen LogP contribution >= 0.6 is 11.8 Å². The summed E-state index contributed by atoms with van der Waals surface area (Å²) < 4.78 is 9.01. The molecule has 0 aromatic carbocycles. The zero-order valence-electron chi connectivity index (χ0n) is 14.9. The number of aliphatic imine (C=N–C) groups is 1. The fraction of sp³-hybridized carbons (Fsp3) is 0.944. The molecule has 0 aromatic heterocycles. The average Bonchev–Trinajstić information content (AvgIpc) is 2.42. The van der Waals surface area contributed by atoms with Gasteiger partial charge in [-0.15, -0.1) is 11.8 Å². The van der Waals surface area contributed by atoms with E-state index in [2.05, 4.69) is 27.7 Å². The van der Waals surface area contributed by atoms with Gasteiger partial charge in [-0.3, -0.25) is 4.99 Å². The molecule has 0 radical (unpaired) electrons. The fourth-order valence-corrected chi connectivity index (χ4v) is 4.85. The molecule has 0 unspecified atom stereocenters. The highest BCUT2D eigenvalue weighted by Crippen LogP contribution is 2.49. The van der Waals surface area contributed by atoms with Crippen molar-refractivity contribution in [2.75, 3.05) is 0 Å². The quantitative estimate of drug-likeness (QED) is 0.454. The molecule has 2 fully saturated rings. The molecular weight excluding hydrogens is 262 g/mol. The van der Waals surface area contributed by atoms with Crippen LogP contribution in [0, 0.1) is 11.3 Å². The highest BCUT2D eigenvalue weighted by atomic mass is 32.2. The lowest BCUT2D eigenvalue weighted by atomic mass is 9.63. The predicted molar refractivity (Wildman–Crippen MR) is 92.8 cm³/mol. The summed E-state index contributed by atoms with van der Waals surface area (Å²) in [5.41, 5.74) is 0.592. The first-order valence-electron chi connectivity index (χ1n) is 9.10. The molecular formula is C18H33NS. The lowest BCUT2D eigenvalue weighted by molar-refractivity contribution is 0.112. The number of hydrogen-bond acceptors (Lipinski definition) is 2. The molecule has 0 aromatic rings. The minimum atomic E-state index is -0.401. The molecule has 2 aliphatic carbocycles. The summed E-state index contributed by atoms with van der Waals surface area (Å²) in [6.07, 6.45) is 11.7. The van der Waals surface area contributed by atoms with Gasteiger partial charge in [0, 0.05) is 18.6 Å². The van der Waals surface area contributed by atoms with Crippen LogP contribution in [0.5, 0.6) is 0 Å². The molecule has 0 N–H and O–H groups in total. The Morgan fingerprint density at radius 2 is 1.65 bits per heavy atom. The highest BCUT2D eigenvalue weighted by molar-refractivity contribution is 8.14. The number of hydrogen-bond donors (Lipinski definition) is 0. The molecule has 0 atom stereocenters. The van der Waals surface area contributed by atoms with E-state index in [4.69, 9.17) is 6.36 Å². The Morgan fingerprint density at radius 1 is 1.05 bits per heavy atom. The van der Waals surface area contributed by atoms with Gasteiger partial charge in [0.25, 0.3) is 0 Å². The van der Waals surface area contributed by atoms with Gasteiger partial charge in [-0.1, -0.05) is 33.1 Å². The van der Waals surface area contributed by atoms with E-state index in [-0.39, 0.29) is 0 Å². The van der Waals surface area contributed by atoms with Gasteiger partial charge < -0.3 is 0 Å². The molecule has 2 heteroatoms. The molecule has 20 heavy (non-hydrogen) atoms. The van der Waals surface area contributed by atoms with Crippen LogP contribution in [0.4, 0.5) is 0 Å². The summed E-state index contributed by atoms with van der Waals surface area (Å²) in [6.45, 7) is 8.70. The van der Waals surface area contributed by atoms with Gasteiger partial charge in [-0.25, -0.2) is 0 Å². The van der Waals surface area contributed by atoms with Gasteiger partial charge >= 0.3 is 0 Å². The van der Waals surface area contributed by atoms with E-state index in [0.29, 0.717) is 16.7 Å². The molecule has 1 spiro atoms. The summed E-state index contributed by atoms with van der Waals surface area (Å²) >= 11 is 1.83. The maximum absolute atomic E-state index is 9.01. The van der Waals surface area contributed by atoms with Crippen LogP contribution in [-0.4, -0.2) is 16.3 Å². The lowest BCUT2D eigenvalue weighted by Gasteiger charge is -2.43. The van der Waals surface area contributed by atoms with Crippen LogP contribution in [0.15, 0.2) is 4.99 Å². The van der Waals surface area contributed by atoms with Crippen molar-refractivity contribution in [3.8, 4) is 0 Å². The standard InChI is InChI=1S/C18H33NS/c1-14(2)19-17(20-15(3)4)16-8-12-18(13-9-16)10-6-5-7-11-18/h14-16H,5-13H2,1-4H3/i16D. The minimum Gasteiger partial charge on any atom is -0.280 e. The van der Waals surface area contributed by atoms with Crippen LogP contribution in [-0.2, 0) is 0 Å². The maximum atomic E-state index is 9.01. The van der Waals surface area contributed by atoms with E-state index in [1.165, 1.54) is 44.9 Å². The van der Waals surface area contributed by atoms with Crippen molar-refractivity contribution >= 4 is 16.8 Å². The van der Waals surface area contributed by atoms with E-state index in [1.54, 1.807) is 0 Å². The molecule has 0 bridgehead atoms. The Hall–Kier alpha value is 0.0200. The Morgan fingerprint density at radius 3 is 2.15 bits per heavy atom. The van der Waals surface area contributed by atoms with E-state index in [1.807, 2.05) is 11.8 Å². The summed E-state index contributed by atoms with van der Waals surface area (Å²) in [7, 11) is 0. The molecule has 116 valence electrons. The van der Waals surface area contributed by atoms with E-state index in [0.717, 1.165) is 17.9 Å². The molecule has 0 heterocycles. The zero-order chi connectivity index (χ0) is 15.5. The monoisotopic (exact) mass is 296 g/mol. The van der Waals surface area contributed by atoms with Crippen molar-refractivity contribution in [2.45, 2.75) is 96.8 Å². The molecule has 0 aliphatic heterocycles. The van der Waals surface area contributed by atoms with Crippen LogP contribution in [0.3, 0.4) is 0 Å². The Labute approximate surface area is 131 Å². The summed E-state index contributed by atoms with van der Waals surface area (Å²) in [5, 5.41) is 1.63. The normalized spacial score (nSPS) is 27.1. The van der Waals surface area contributed by atoms with Gasteiger partial charge in [0.15, 0.2) is 0 Å². The first kappa shape index (κ1) is 14.9. The van der Waals surface area contributed by atoms with E-state index < -0.39 is 5.89 Å². The third-order valence-corrected chi connectivity index (χ3v) is 5.94. The topological polar surface area (TPSA) is 12.4 Å². The maximum Gasteiger partial charge on any atom is 0.0712 e. The molecule has 0 saturated heterocycles. The summed E-state index contributed by atoms with van der Waals surface area (Å²) in [4.78, 5) is 4.84. The van der Waals surface area contributed by atoms with Crippen LogP contribution in [0.2, 0.25) is 0 Å². The van der Waals surface area contributed by atoms with Gasteiger partial charge in [0.1, 0.15) is 0 Å². The van der Waals surface area contributed by atoms with Gasteiger partial charge in [-0.2, -0.15) is 0 Å². The second kappa shape index (κ2) is 7.33. The second-order valence-corrected chi connectivity index (χ2v) is 8.92. The third-order valence-electron chi connectivity index (χ3n) is 4.85. The second-order valence-electron chi connectivity index (χ2n) is 7.36. The fourth-order valence-electron chi connectivity index (χ4n) is 3.76.